The van der Waals surface area contributed by atoms with Crippen LogP contribution in [0.2, 0.25) is 0 Å². The maximum absolute atomic E-state index is 13.6. The molecular formula is C14H19F2NOS. The lowest BCUT2D eigenvalue weighted by Gasteiger charge is -2.28. The number of hydrogen-bond donors (Lipinski definition) is 2. The predicted molar refractivity (Wildman–Crippen MR) is 73.3 cm³/mol. The van der Waals surface area contributed by atoms with Gasteiger partial charge in [-0.05, 0) is 44.0 Å². The van der Waals surface area contributed by atoms with Gasteiger partial charge in [0, 0.05) is 15.7 Å². The molecule has 0 aliphatic heterocycles. The van der Waals surface area contributed by atoms with Gasteiger partial charge < -0.3 is 10.4 Å². The zero-order valence-electron chi connectivity index (χ0n) is 11.0. The summed E-state index contributed by atoms with van der Waals surface area (Å²) in [6.45, 7) is 2.89. The van der Waals surface area contributed by atoms with Crippen molar-refractivity contribution in [1.29, 1.82) is 0 Å². The maximum Gasteiger partial charge on any atom is 0.136 e. The van der Waals surface area contributed by atoms with Crippen molar-refractivity contribution in [3.8, 4) is 0 Å². The highest BCUT2D eigenvalue weighted by Crippen LogP contribution is 2.40. The largest absolute Gasteiger partial charge is 0.394 e. The molecule has 0 radical (unpaired) electrons. The van der Waals surface area contributed by atoms with Crippen molar-refractivity contribution in [1.82, 2.24) is 5.32 Å². The van der Waals surface area contributed by atoms with Crippen LogP contribution in [0.1, 0.15) is 26.2 Å². The number of rotatable bonds is 5. The number of thioether (sulfide) groups is 1. The van der Waals surface area contributed by atoms with E-state index in [0.717, 1.165) is 37.9 Å². The van der Waals surface area contributed by atoms with Crippen LogP contribution in [0.25, 0.3) is 0 Å². The van der Waals surface area contributed by atoms with Gasteiger partial charge in [0.2, 0.25) is 0 Å². The van der Waals surface area contributed by atoms with E-state index in [9.17, 15) is 13.9 Å². The zero-order valence-corrected chi connectivity index (χ0v) is 11.8. The molecular weight excluding hydrogens is 268 g/mol. The molecule has 0 spiro atoms. The molecule has 2 rings (SSSR count). The van der Waals surface area contributed by atoms with Gasteiger partial charge in [-0.1, -0.05) is 6.92 Å². The first kappa shape index (κ1) is 14.8. The second kappa shape index (κ2) is 6.20. The van der Waals surface area contributed by atoms with Crippen LogP contribution in [0.3, 0.4) is 0 Å². The molecule has 1 aromatic carbocycles. The summed E-state index contributed by atoms with van der Waals surface area (Å²) in [6, 6.07) is 3.53. The van der Waals surface area contributed by atoms with E-state index in [1.807, 2.05) is 6.92 Å². The van der Waals surface area contributed by atoms with Gasteiger partial charge in [-0.2, -0.15) is 0 Å². The van der Waals surface area contributed by atoms with E-state index in [4.69, 9.17) is 0 Å². The molecule has 19 heavy (non-hydrogen) atoms. The molecule has 1 aromatic rings. The molecule has 5 heteroatoms. The lowest BCUT2D eigenvalue weighted by atomic mass is 9.99. The second-order valence-electron chi connectivity index (χ2n) is 5.03. The number of aliphatic hydroxyl groups excluding tert-OH is 1. The van der Waals surface area contributed by atoms with Crippen molar-refractivity contribution < 1.29 is 13.9 Å². The number of hydrogen-bond acceptors (Lipinski definition) is 3. The molecule has 2 nitrogen and oxygen atoms in total. The number of nitrogens with one attached hydrogen (secondary N) is 1. The van der Waals surface area contributed by atoms with E-state index in [2.05, 4.69) is 5.32 Å². The van der Waals surface area contributed by atoms with Crippen LogP contribution in [0, 0.1) is 11.6 Å². The van der Waals surface area contributed by atoms with E-state index in [1.54, 1.807) is 0 Å². The van der Waals surface area contributed by atoms with Gasteiger partial charge in [0.1, 0.15) is 11.6 Å². The Morgan fingerprint density at radius 3 is 2.95 bits per heavy atom. The molecule has 0 saturated heterocycles. The smallest absolute Gasteiger partial charge is 0.136 e. The standard InChI is InChI=1S/C14H19F2NOS/c1-2-17-14(9-18)6-5-11(8-14)19-13-7-10(15)3-4-12(13)16/h3-4,7,11,17-18H,2,5-6,8-9H2,1H3. The summed E-state index contributed by atoms with van der Waals surface area (Å²) in [5.41, 5.74) is -0.254. The Morgan fingerprint density at radius 2 is 2.26 bits per heavy atom. The molecule has 0 bridgehead atoms. The van der Waals surface area contributed by atoms with E-state index in [1.165, 1.54) is 17.8 Å². The second-order valence-corrected chi connectivity index (χ2v) is 6.37. The molecule has 0 aromatic heterocycles. The van der Waals surface area contributed by atoms with Crippen LogP contribution in [0.5, 0.6) is 0 Å². The SMILES string of the molecule is CCNC1(CO)CCC(Sc2cc(F)ccc2F)C1. The Hall–Kier alpha value is -0.650. The van der Waals surface area contributed by atoms with Crippen molar-refractivity contribution in [2.24, 2.45) is 0 Å². The Morgan fingerprint density at radius 1 is 1.47 bits per heavy atom. The third kappa shape index (κ3) is 3.46. The predicted octanol–water partition coefficient (Wildman–Crippen LogP) is 2.95. The fraction of sp³-hybridized carbons (Fsp3) is 0.571. The van der Waals surface area contributed by atoms with Crippen LogP contribution in [0.15, 0.2) is 23.1 Å². The number of aliphatic hydroxyl groups is 1. The molecule has 0 heterocycles. The van der Waals surface area contributed by atoms with Crippen molar-refractivity contribution >= 4 is 11.8 Å². The molecule has 2 N–H and O–H groups in total. The minimum absolute atomic E-state index is 0.0868. The summed E-state index contributed by atoms with van der Waals surface area (Å²) in [5.74, 6) is -0.793. The van der Waals surface area contributed by atoms with Gasteiger partial charge >= 0.3 is 0 Å². The highest BCUT2D eigenvalue weighted by Gasteiger charge is 2.38. The lowest BCUT2D eigenvalue weighted by Crippen LogP contribution is -2.46. The van der Waals surface area contributed by atoms with E-state index in [0.29, 0.717) is 4.90 Å². The number of benzene rings is 1. The summed E-state index contributed by atoms with van der Waals surface area (Å²) in [5, 5.41) is 13.1. The van der Waals surface area contributed by atoms with Crippen LogP contribution < -0.4 is 5.32 Å². The van der Waals surface area contributed by atoms with Gasteiger partial charge in [0.05, 0.1) is 6.61 Å². The normalized spacial score (nSPS) is 26.8. The highest BCUT2D eigenvalue weighted by molar-refractivity contribution is 8.00. The van der Waals surface area contributed by atoms with E-state index < -0.39 is 5.82 Å². The Bertz CT molecular complexity index is 443. The lowest BCUT2D eigenvalue weighted by molar-refractivity contribution is 0.167. The topological polar surface area (TPSA) is 32.3 Å². The molecule has 1 aliphatic carbocycles. The van der Waals surface area contributed by atoms with Crippen molar-refractivity contribution in [2.45, 2.75) is 41.9 Å². The Labute approximate surface area is 116 Å². The van der Waals surface area contributed by atoms with Crippen molar-refractivity contribution in [3.63, 3.8) is 0 Å². The quantitative estimate of drug-likeness (QED) is 0.873. The minimum atomic E-state index is -0.415. The first-order valence-electron chi connectivity index (χ1n) is 6.56. The average molecular weight is 287 g/mol. The molecule has 2 unspecified atom stereocenters. The van der Waals surface area contributed by atoms with Crippen LogP contribution in [-0.4, -0.2) is 29.0 Å². The van der Waals surface area contributed by atoms with Crippen LogP contribution in [-0.2, 0) is 0 Å². The number of halogens is 2. The highest BCUT2D eigenvalue weighted by atomic mass is 32.2. The summed E-state index contributed by atoms with van der Waals surface area (Å²) in [7, 11) is 0. The molecule has 106 valence electrons. The molecule has 1 fully saturated rings. The Kier molecular flexibility index (Phi) is 4.81. The molecule has 1 saturated carbocycles. The fourth-order valence-corrected chi connectivity index (χ4v) is 4.02. The minimum Gasteiger partial charge on any atom is -0.394 e. The van der Waals surface area contributed by atoms with E-state index >= 15 is 0 Å². The fourth-order valence-electron chi connectivity index (χ4n) is 2.66. The zero-order chi connectivity index (χ0) is 13.9. The van der Waals surface area contributed by atoms with Crippen LogP contribution >= 0.6 is 11.8 Å². The van der Waals surface area contributed by atoms with Crippen molar-refractivity contribution in [3.05, 3.63) is 29.8 Å². The monoisotopic (exact) mass is 287 g/mol. The first-order valence-corrected chi connectivity index (χ1v) is 7.44. The summed E-state index contributed by atoms with van der Waals surface area (Å²) >= 11 is 1.37. The van der Waals surface area contributed by atoms with Gasteiger partial charge in [-0.15, -0.1) is 11.8 Å². The molecule has 2 atom stereocenters. The number of likely N-dealkylation sites (N-methyl/N-ethyl adjacent to an activating group) is 1. The summed E-state index contributed by atoms with van der Waals surface area (Å²) < 4.78 is 26.7. The third-order valence-electron chi connectivity index (χ3n) is 3.60. The van der Waals surface area contributed by atoms with Crippen molar-refractivity contribution in [2.75, 3.05) is 13.2 Å². The van der Waals surface area contributed by atoms with Gasteiger partial charge in [-0.25, -0.2) is 8.78 Å². The summed E-state index contributed by atoms with van der Waals surface area (Å²) in [6.07, 6.45) is 2.54. The first-order chi connectivity index (χ1) is 9.08. The van der Waals surface area contributed by atoms with Gasteiger partial charge in [0.25, 0.3) is 0 Å². The van der Waals surface area contributed by atoms with Crippen LogP contribution in [0.4, 0.5) is 8.78 Å². The Balaban J connectivity index is 2.03. The third-order valence-corrected chi connectivity index (χ3v) is 4.91. The van der Waals surface area contributed by atoms with Gasteiger partial charge in [0.15, 0.2) is 0 Å². The average Bonchev–Trinajstić information content (AvgIpc) is 2.78. The molecule has 0 amide bonds. The molecule has 1 aliphatic rings. The van der Waals surface area contributed by atoms with Gasteiger partial charge in [-0.3, -0.25) is 0 Å². The maximum atomic E-state index is 13.6. The summed E-state index contributed by atoms with van der Waals surface area (Å²) in [4.78, 5) is 0.357. The van der Waals surface area contributed by atoms with E-state index in [-0.39, 0.29) is 23.2 Å².